The van der Waals surface area contributed by atoms with Gasteiger partial charge >= 0.3 is 0 Å². The largest absolute Gasteiger partial charge is 0.377 e. The quantitative estimate of drug-likeness (QED) is 0.851. The second-order valence-electron chi connectivity index (χ2n) is 4.39. The van der Waals surface area contributed by atoms with Gasteiger partial charge in [0, 0.05) is 37.4 Å². The molecule has 1 heterocycles. The second-order valence-corrected chi connectivity index (χ2v) is 4.78. The van der Waals surface area contributed by atoms with E-state index in [1.165, 1.54) is 11.3 Å². The number of hydrogen-bond acceptors (Lipinski definition) is 3. The molecule has 18 heavy (non-hydrogen) atoms. The van der Waals surface area contributed by atoms with Crippen molar-refractivity contribution in [1.29, 1.82) is 0 Å². The summed E-state index contributed by atoms with van der Waals surface area (Å²) in [5.74, 6) is 0. The molecule has 0 saturated carbocycles. The third-order valence-corrected chi connectivity index (χ3v) is 2.91. The molecule has 1 N–H and O–H groups in total. The molecule has 2 rings (SSSR count). The van der Waals surface area contributed by atoms with E-state index in [9.17, 15) is 0 Å². The van der Waals surface area contributed by atoms with Crippen molar-refractivity contribution in [1.82, 2.24) is 4.98 Å². The lowest BCUT2D eigenvalue weighted by Crippen LogP contribution is -2.10. The highest BCUT2D eigenvalue weighted by atomic mass is 35.5. The van der Waals surface area contributed by atoms with Crippen LogP contribution in [-0.2, 0) is 0 Å². The lowest BCUT2D eigenvalue weighted by Gasteiger charge is -2.17. The minimum absolute atomic E-state index is 0.486. The van der Waals surface area contributed by atoms with E-state index in [1.807, 2.05) is 20.2 Å². The highest BCUT2D eigenvalue weighted by Crippen LogP contribution is 2.25. The monoisotopic (exact) mass is 261 g/mol. The van der Waals surface area contributed by atoms with Crippen molar-refractivity contribution in [3.63, 3.8) is 0 Å². The minimum Gasteiger partial charge on any atom is -0.377 e. The van der Waals surface area contributed by atoms with E-state index >= 15 is 0 Å². The third-order valence-electron chi connectivity index (χ3n) is 2.71. The number of halogens is 1. The van der Waals surface area contributed by atoms with Crippen LogP contribution in [0.25, 0.3) is 0 Å². The van der Waals surface area contributed by atoms with Gasteiger partial charge in [-0.15, -0.1) is 0 Å². The van der Waals surface area contributed by atoms with Crippen LogP contribution in [0.4, 0.5) is 17.1 Å². The van der Waals surface area contributed by atoms with Gasteiger partial charge < -0.3 is 10.2 Å². The van der Waals surface area contributed by atoms with E-state index in [0.29, 0.717) is 5.15 Å². The Morgan fingerprint density at radius 3 is 2.50 bits per heavy atom. The average Bonchev–Trinajstić information content (AvgIpc) is 2.31. The van der Waals surface area contributed by atoms with Gasteiger partial charge in [0.25, 0.3) is 0 Å². The number of aryl methyl sites for hydroxylation is 1. The number of aromatic nitrogens is 1. The molecule has 0 atom stereocenters. The SMILES string of the molecule is Cc1ccc(Nc2ccnc(Cl)c2)cc1N(C)C. The molecule has 0 bridgehead atoms. The van der Waals surface area contributed by atoms with Crippen LogP contribution >= 0.6 is 11.6 Å². The molecule has 94 valence electrons. The van der Waals surface area contributed by atoms with Crippen LogP contribution in [0.2, 0.25) is 5.15 Å². The summed E-state index contributed by atoms with van der Waals surface area (Å²) < 4.78 is 0. The second kappa shape index (κ2) is 5.27. The Labute approximate surface area is 112 Å². The predicted octanol–water partition coefficient (Wildman–Crippen LogP) is 3.85. The molecule has 0 spiro atoms. The van der Waals surface area contributed by atoms with Gasteiger partial charge in [0.05, 0.1) is 0 Å². The maximum atomic E-state index is 5.86. The van der Waals surface area contributed by atoms with Crippen LogP contribution in [0.1, 0.15) is 5.56 Å². The van der Waals surface area contributed by atoms with Crippen molar-refractivity contribution >= 4 is 28.7 Å². The van der Waals surface area contributed by atoms with Crippen LogP contribution in [0.3, 0.4) is 0 Å². The van der Waals surface area contributed by atoms with Gasteiger partial charge in [-0.2, -0.15) is 0 Å². The molecule has 0 radical (unpaired) electrons. The molecule has 2 aromatic rings. The summed E-state index contributed by atoms with van der Waals surface area (Å²) in [7, 11) is 4.07. The molecule has 1 aromatic heterocycles. The normalized spacial score (nSPS) is 10.2. The molecule has 1 aromatic carbocycles. The molecule has 0 saturated heterocycles. The van der Waals surface area contributed by atoms with Crippen molar-refractivity contribution in [3.05, 3.63) is 47.2 Å². The molecular weight excluding hydrogens is 246 g/mol. The summed E-state index contributed by atoms with van der Waals surface area (Å²) in [4.78, 5) is 6.06. The van der Waals surface area contributed by atoms with E-state index in [-0.39, 0.29) is 0 Å². The number of nitrogens with one attached hydrogen (secondary N) is 1. The molecule has 4 heteroatoms. The fourth-order valence-electron chi connectivity index (χ4n) is 1.82. The summed E-state index contributed by atoms with van der Waals surface area (Å²) in [6.07, 6.45) is 1.69. The van der Waals surface area contributed by atoms with E-state index in [1.54, 1.807) is 12.3 Å². The highest BCUT2D eigenvalue weighted by Gasteiger charge is 2.03. The zero-order valence-corrected chi connectivity index (χ0v) is 11.5. The van der Waals surface area contributed by atoms with Crippen LogP contribution in [0.15, 0.2) is 36.5 Å². The minimum atomic E-state index is 0.486. The molecule has 0 fully saturated rings. The first kappa shape index (κ1) is 12.7. The molecule has 0 unspecified atom stereocenters. The molecule has 0 amide bonds. The lowest BCUT2D eigenvalue weighted by atomic mass is 10.1. The van der Waals surface area contributed by atoms with Gasteiger partial charge in [-0.05, 0) is 36.8 Å². The Balaban J connectivity index is 2.27. The maximum absolute atomic E-state index is 5.86. The summed E-state index contributed by atoms with van der Waals surface area (Å²) in [6.45, 7) is 2.10. The number of hydrogen-bond donors (Lipinski definition) is 1. The summed E-state index contributed by atoms with van der Waals surface area (Å²) in [6, 6.07) is 9.96. The average molecular weight is 262 g/mol. The van der Waals surface area contributed by atoms with E-state index < -0.39 is 0 Å². The zero-order valence-electron chi connectivity index (χ0n) is 10.7. The van der Waals surface area contributed by atoms with Crippen LogP contribution in [-0.4, -0.2) is 19.1 Å². The van der Waals surface area contributed by atoms with Crippen molar-refractivity contribution in [2.45, 2.75) is 6.92 Å². The number of nitrogens with zero attached hydrogens (tertiary/aromatic N) is 2. The molecule has 0 aliphatic carbocycles. The number of rotatable bonds is 3. The van der Waals surface area contributed by atoms with Crippen LogP contribution in [0, 0.1) is 6.92 Å². The van der Waals surface area contributed by atoms with Gasteiger partial charge in [0.2, 0.25) is 0 Å². The van der Waals surface area contributed by atoms with Gasteiger partial charge in [0.1, 0.15) is 5.15 Å². The molecule has 0 aliphatic rings. The van der Waals surface area contributed by atoms with Crippen LogP contribution in [0.5, 0.6) is 0 Å². The Kier molecular flexibility index (Phi) is 3.72. The summed E-state index contributed by atoms with van der Waals surface area (Å²) in [5, 5.41) is 3.80. The summed E-state index contributed by atoms with van der Waals surface area (Å²) >= 11 is 5.86. The smallest absolute Gasteiger partial charge is 0.131 e. The Hall–Kier alpha value is -1.74. The fraction of sp³-hybridized carbons (Fsp3) is 0.214. The Morgan fingerprint density at radius 2 is 1.83 bits per heavy atom. The van der Waals surface area contributed by atoms with Crippen molar-refractivity contribution in [2.75, 3.05) is 24.3 Å². The highest BCUT2D eigenvalue weighted by molar-refractivity contribution is 6.29. The number of benzene rings is 1. The Morgan fingerprint density at radius 1 is 1.11 bits per heavy atom. The van der Waals surface area contributed by atoms with Crippen LogP contribution < -0.4 is 10.2 Å². The Bertz CT molecular complexity index is 552. The summed E-state index contributed by atoms with van der Waals surface area (Å²) in [5.41, 5.74) is 4.41. The van der Waals surface area contributed by atoms with Gasteiger partial charge in [-0.1, -0.05) is 17.7 Å². The molecular formula is C14H16ClN3. The van der Waals surface area contributed by atoms with E-state index in [2.05, 4.69) is 40.3 Å². The van der Waals surface area contributed by atoms with E-state index in [4.69, 9.17) is 11.6 Å². The maximum Gasteiger partial charge on any atom is 0.131 e. The first-order chi connectivity index (χ1) is 8.56. The molecule has 3 nitrogen and oxygen atoms in total. The lowest BCUT2D eigenvalue weighted by molar-refractivity contribution is 1.11. The third kappa shape index (κ3) is 2.93. The standard InChI is InChI=1S/C14H16ClN3/c1-10-4-5-11(8-13(10)18(2)3)17-12-6-7-16-14(15)9-12/h4-9H,1-3H3,(H,16,17). The first-order valence-corrected chi connectivity index (χ1v) is 6.10. The van der Waals surface area contributed by atoms with Gasteiger partial charge in [-0.25, -0.2) is 4.98 Å². The topological polar surface area (TPSA) is 28.2 Å². The number of anilines is 3. The number of pyridine rings is 1. The predicted molar refractivity (Wildman–Crippen MR) is 78.0 cm³/mol. The van der Waals surface area contributed by atoms with Crippen molar-refractivity contribution in [3.8, 4) is 0 Å². The van der Waals surface area contributed by atoms with Gasteiger partial charge in [-0.3, -0.25) is 0 Å². The van der Waals surface area contributed by atoms with Crippen molar-refractivity contribution in [2.24, 2.45) is 0 Å². The van der Waals surface area contributed by atoms with E-state index in [0.717, 1.165) is 11.4 Å². The molecule has 0 aliphatic heterocycles. The zero-order chi connectivity index (χ0) is 13.1. The van der Waals surface area contributed by atoms with Gasteiger partial charge in [0.15, 0.2) is 0 Å². The first-order valence-electron chi connectivity index (χ1n) is 5.73. The fourth-order valence-corrected chi connectivity index (χ4v) is 1.99. The van der Waals surface area contributed by atoms with Crippen molar-refractivity contribution < 1.29 is 0 Å².